The summed E-state index contributed by atoms with van der Waals surface area (Å²) in [6, 6.07) is 9.19. The van der Waals surface area contributed by atoms with Crippen LogP contribution in [0, 0.1) is 0 Å². The quantitative estimate of drug-likeness (QED) is 0.617. The van der Waals surface area contributed by atoms with Crippen molar-refractivity contribution in [1.29, 1.82) is 0 Å². The number of fused-ring (bicyclic) bond motifs is 2. The highest BCUT2D eigenvalue weighted by atomic mass is 32.2. The minimum absolute atomic E-state index is 0.287. The second-order valence-electron chi connectivity index (χ2n) is 6.37. The van der Waals surface area contributed by atoms with Crippen LogP contribution in [0.1, 0.15) is 5.56 Å². The molecule has 29 heavy (non-hydrogen) atoms. The van der Waals surface area contributed by atoms with E-state index in [-0.39, 0.29) is 5.75 Å². The van der Waals surface area contributed by atoms with Gasteiger partial charge in [0.1, 0.15) is 17.9 Å². The summed E-state index contributed by atoms with van der Waals surface area (Å²) in [6.45, 7) is 0.805. The fourth-order valence-electron chi connectivity index (χ4n) is 3.19. The predicted molar refractivity (Wildman–Crippen MR) is 109 cm³/mol. The molecule has 0 saturated carbocycles. The lowest BCUT2D eigenvalue weighted by molar-refractivity contribution is 0.356. The molecule has 0 radical (unpaired) electrons. The first-order valence-electron chi connectivity index (χ1n) is 8.60. The fraction of sp³-hybridized carbons (Fsp3) is 0.263. The Morgan fingerprint density at radius 3 is 2.38 bits per heavy atom. The van der Waals surface area contributed by atoms with Crippen LogP contribution in [0.15, 0.2) is 36.7 Å². The number of hydrogen-bond donors (Lipinski definition) is 2. The molecule has 0 atom stereocenters. The molecule has 1 aliphatic rings. The van der Waals surface area contributed by atoms with E-state index >= 15 is 0 Å². The summed E-state index contributed by atoms with van der Waals surface area (Å²) in [5, 5.41) is 10.6. The van der Waals surface area contributed by atoms with Crippen LogP contribution in [-0.4, -0.2) is 55.1 Å². The first kappa shape index (κ1) is 20.6. The number of ether oxygens (including phenoxy) is 2. The molecule has 0 unspecified atom stereocenters. The Bertz CT molecular complexity index is 1140. The number of hydrogen-bond acceptors (Lipinski definition) is 8. The number of rotatable bonds is 3. The van der Waals surface area contributed by atoms with Gasteiger partial charge in [0, 0.05) is 23.7 Å². The Balaban J connectivity index is 0.000000431. The maximum Gasteiger partial charge on any atom is 0.261 e. The Labute approximate surface area is 168 Å². The van der Waals surface area contributed by atoms with Crippen LogP contribution in [0.5, 0.6) is 17.2 Å². The summed E-state index contributed by atoms with van der Waals surface area (Å²) in [7, 11) is -0.448. The molecule has 1 aliphatic heterocycles. The normalized spacial score (nSPS) is 12.9. The molecule has 4 rings (SSSR count). The van der Waals surface area contributed by atoms with Crippen LogP contribution in [-0.2, 0) is 16.5 Å². The molecule has 0 amide bonds. The highest BCUT2D eigenvalue weighted by Crippen LogP contribution is 2.40. The average molecular weight is 419 g/mol. The maximum atomic E-state index is 9.68. The lowest BCUT2D eigenvalue weighted by Gasteiger charge is -2.20. The summed E-state index contributed by atoms with van der Waals surface area (Å²) < 4.78 is 36.6. The van der Waals surface area contributed by atoms with E-state index in [9.17, 15) is 13.5 Å². The third kappa shape index (κ3) is 4.66. The van der Waals surface area contributed by atoms with Gasteiger partial charge in [0.15, 0.2) is 11.5 Å². The van der Waals surface area contributed by atoms with E-state index in [0.29, 0.717) is 17.8 Å². The van der Waals surface area contributed by atoms with Gasteiger partial charge in [-0.2, -0.15) is 8.42 Å². The summed E-state index contributed by atoms with van der Waals surface area (Å²) in [5.41, 5.74) is 2.97. The second kappa shape index (κ2) is 8.10. The monoisotopic (exact) mass is 419 g/mol. The first-order chi connectivity index (χ1) is 13.7. The fourth-order valence-corrected chi connectivity index (χ4v) is 3.19. The van der Waals surface area contributed by atoms with Crippen molar-refractivity contribution in [3.63, 3.8) is 0 Å². The minimum Gasteiger partial charge on any atom is -0.508 e. The Morgan fingerprint density at radius 2 is 1.72 bits per heavy atom. The van der Waals surface area contributed by atoms with Crippen molar-refractivity contribution in [2.24, 2.45) is 0 Å². The summed E-state index contributed by atoms with van der Waals surface area (Å²) >= 11 is 0. The van der Waals surface area contributed by atoms with E-state index in [1.807, 2.05) is 24.3 Å². The minimum atomic E-state index is -3.67. The lowest BCUT2D eigenvalue weighted by atomic mass is 10.1. The molecule has 3 aromatic rings. The van der Waals surface area contributed by atoms with Crippen molar-refractivity contribution in [3.8, 4) is 17.2 Å². The zero-order valence-corrected chi connectivity index (χ0v) is 17.0. The predicted octanol–water partition coefficient (Wildman–Crippen LogP) is 2.55. The number of anilines is 2. The van der Waals surface area contributed by atoms with Gasteiger partial charge >= 0.3 is 0 Å². The van der Waals surface area contributed by atoms with Gasteiger partial charge in [-0.05, 0) is 36.2 Å². The van der Waals surface area contributed by atoms with Gasteiger partial charge in [0.2, 0.25) is 0 Å². The molecule has 9 nitrogen and oxygen atoms in total. The third-order valence-corrected chi connectivity index (χ3v) is 4.33. The summed E-state index contributed by atoms with van der Waals surface area (Å²) in [6.07, 6.45) is 3.14. The molecule has 1 aromatic heterocycles. The van der Waals surface area contributed by atoms with E-state index in [1.165, 1.54) is 0 Å². The van der Waals surface area contributed by atoms with Crippen LogP contribution in [0.2, 0.25) is 0 Å². The highest BCUT2D eigenvalue weighted by molar-refractivity contribution is 7.85. The van der Waals surface area contributed by atoms with E-state index in [2.05, 4.69) is 14.9 Å². The first-order valence-corrected chi connectivity index (χ1v) is 10.4. The van der Waals surface area contributed by atoms with Crippen molar-refractivity contribution in [1.82, 2.24) is 9.97 Å². The molecule has 2 N–H and O–H groups in total. The number of methoxy groups -OCH3 is 2. The van der Waals surface area contributed by atoms with Gasteiger partial charge in [-0.1, -0.05) is 0 Å². The Morgan fingerprint density at radius 1 is 1.07 bits per heavy atom. The van der Waals surface area contributed by atoms with Crippen molar-refractivity contribution in [2.75, 3.05) is 31.9 Å². The maximum absolute atomic E-state index is 9.68. The second-order valence-corrected chi connectivity index (χ2v) is 7.84. The van der Waals surface area contributed by atoms with Crippen LogP contribution >= 0.6 is 0 Å². The molecular weight excluding hydrogens is 398 g/mol. The average Bonchev–Trinajstić information content (AvgIpc) is 3.07. The van der Waals surface area contributed by atoms with E-state index in [0.717, 1.165) is 40.9 Å². The zero-order chi connectivity index (χ0) is 21.2. The van der Waals surface area contributed by atoms with Crippen LogP contribution in [0.3, 0.4) is 0 Å². The molecule has 0 saturated heterocycles. The van der Waals surface area contributed by atoms with Gasteiger partial charge in [0.25, 0.3) is 10.1 Å². The molecular formula is C19H21N3O6S. The van der Waals surface area contributed by atoms with Crippen LogP contribution < -0.4 is 14.4 Å². The lowest BCUT2D eigenvalue weighted by Crippen LogP contribution is -2.15. The smallest absolute Gasteiger partial charge is 0.261 e. The van der Waals surface area contributed by atoms with Crippen molar-refractivity contribution in [2.45, 2.75) is 6.42 Å². The molecule has 0 fully saturated rings. The molecule has 0 aliphatic carbocycles. The Kier molecular flexibility index (Phi) is 5.76. The van der Waals surface area contributed by atoms with Crippen LogP contribution in [0.4, 0.5) is 11.5 Å². The Hall–Kier alpha value is -3.11. The standard InChI is InChI=1S/C18H17N3O3.CH4O3S/c1-23-16-8-13-14(9-17(16)24-2)19-10-20-18(13)21-6-5-11-7-12(22)3-4-15(11)21;1-5(2,3)4/h3-4,7-10,22H,5-6H2,1-2H3;1H3,(H,2,3,4). The number of benzene rings is 2. The van der Waals surface area contributed by atoms with Crippen molar-refractivity contribution < 1.29 is 27.6 Å². The summed E-state index contributed by atoms with van der Waals surface area (Å²) in [5.74, 6) is 2.40. The van der Waals surface area contributed by atoms with Gasteiger partial charge < -0.3 is 19.5 Å². The molecule has 2 aromatic carbocycles. The number of nitrogens with zero attached hydrogens (tertiary/aromatic N) is 3. The largest absolute Gasteiger partial charge is 0.508 e. The number of aromatic hydroxyl groups is 1. The van der Waals surface area contributed by atoms with Gasteiger partial charge in [-0.3, -0.25) is 4.55 Å². The van der Waals surface area contributed by atoms with Gasteiger partial charge in [-0.15, -0.1) is 0 Å². The number of aromatic nitrogens is 2. The molecule has 0 bridgehead atoms. The topological polar surface area (TPSA) is 122 Å². The highest BCUT2D eigenvalue weighted by Gasteiger charge is 2.24. The van der Waals surface area contributed by atoms with E-state index in [4.69, 9.17) is 14.0 Å². The van der Waals surface area contributed by atoms with Crippen molar-refractivity contribution >= 4 is 32.5 Å². The third-order valence-electron chi connectivity index (χ3n) is 4.33. The van der Waals surface area contributed by atoms with E-state index in [1.54, 1.807) is 26.6 Å². The zero-order valence-electron chi connectivity index (χ0n) is 16.2. The van der Waals surface area contributed by atoms with Gasteiger partial charge in [0.05, 0.1) is 26.0 Å². The van der Waals surface area contributed by atoms with Crippen LogP contribution in [0.25, 0.3) is 10.9 Å². The van der Waals surface area contributed by atoms with Crippen molar-refractivity contribution in [3.05, 3.63) is 42.2 Å². The molecule has 0 spiro atoms. The van der Waals surface area contributed by atoms with E-state index < -0.39 is 10.1 Å². The molecule has 154 valence electrons. The molecule has 10 heteroatoms. The number of phenolic OH excluding ortho intramolecular Hbond substituents is 1. The summed E-state index contributed by atoms with van der Waals surface area (Å²) in [4.78, 5) is 11.0. The van der Waals surface area contributed by atoms with Gasteiger partial charge in [-0.25, -0.2) is 9.97 Å². The SMILES string of the molecule is COc1cc2ncnc(N3CCc4cc(O)ccc43)c2cc1OC.CS(=O)(=O)O. The number of phenols is 1. The molecule has 2 heterocycles.